The molecule has 10 nitrogen and oxygen atoms in total. The second-order valence-corrected chi connectivity index (χ2v) is 7.80. The molecule has 0 radical (unpaired) electrons. The Labute approximate surface area is 201 Å². The fraction of sp³-hybridized carbons (Fsp3) is 0.0870. The molecule has 34 heavy (non-hydrogen) atoms. The van der Waals surface area contributed by atoms with Crippen LogP contribution in [0, 0.1) is 10.1 Å². The normalized spacial score (nSPS) is 12.0. The van der Waals surface area contributed by atoms with Gasteiger partial charge in [0.2, 0.25) is 0 Å². The number of carbonyl (C=O) groups is 3. The molecular weight excluding hydrogens is 510 g/mol. The molecule has 0 bridgehead atoms. The van der Waals surface area contributed by atoms with Crippen molar-refractivity contribution in [2.24, 2.45) is 0 Å². The van der Waals surface area contributed by atoms with Gasteiger partial charge in [0.25, 0.3) is 17.5 Å². The molecule has 174 valence electrons. The lowest BCUT2D eigenvalue weighted by atomic mass is 10.1. The molecule has 1 atom stereocenters. The number of hydrogen-bond acceptors (Lipinski definition) is 6. The number of nitrogens with one attached hydrogen (secondary N) is 2. The number of aliphatic carboxylic acids is 1. The number of benzene rings is 2. The third-order valence-electron chi connectivity index (χ3n) is 4.59. The molecular formula is C23H18BrN3O7. The first kappa shape index (κ1) is 24.4. The minimum atomic E-state index is -1.27. The Bertz CT molecular complexity index is 1240. The van der Waals surface area contributed by atoms with Crippen molar-refractivity contribution < 1.29 is 28.8 Å². The summed E-state index contributed by atoms with van der Waals surface area (Å²) in [5.41, 5.74) is 0.638. The first-order chi connectivity index (χ1) is 16.2. The summed E-state index contributed by atoms with van der Waals surface area (Å²) in [5, 5.41) is 25.3. The lowest BCUT2D eigenvalue weighted by Crippen LogP contribution is -2.45. The third kappa shape index (κ3) is 6.62. The summed E-state index contributed by atoms with van der Waals surface area (Å²) in [6.45, 7) is 0. The Balaban J connectivity index is 1.87. The molecule has 1 aromatic heterocycles. The van der Waals surface area contributed by atoms with Crippen LogP contribution in [0.1, 0.15) is 21.7 Å². The van der Waals surface area contributed by atoms with Crippen molar-refractivity contribution in [3.05, 3.63) is 104 Å². The summed E-state index contributed by atoms with van der Waals surface area (Å²) in [6.07, 6.45) is 1.29. The van der Waals surface area contributed by atoms with Crippen LogP contribution < -0.4 is 10.6 Å². The Morgan fingerprint density at radius 3 is 2.29 bits per heavy atom. The van der Waals surface area contributed by atoms with Gasteiger partial charge in [0.15, 0.2) is 10.4 Å². The highest BCUT2D eigenvalue weighted by Crippen LogP contribution is 2.16. The van der Waals surface area contributed by atoms with E-state index in [0.29, 0.717) is 15.8 Å². The van der Waals surface area contributed by atoms with E-state index in [1.807, 2.05) is 0 Å². The van der Waals surface area contributed by atoms with Gasteiger partial charge in [-0.05, 0) is 57.4 Å². The lowest BCUT2D eigenvalue weighted by Gasteiger charge is -2.16. The highest BCUT2D eigenvalue weighted by molar-refractivity contribution is 9.10. The largest absolute Gasteiger partial charge is 0.480 e. The Morgan fingerprint density at radius 1 is 1.06 bits per heavy atom. The van der Waals surface area contributed by atoms with Gasteiger partial charge in [-0.3, -0.25) is 19.7 Å². The van der Waals surface area contributed by atoms with E-state index < -0.39 is 28.7 Å². The van der Waals surface area contributed by atoms with Crippen LogP contribution in [0.4, 0.5) is 5.69 Å². The maximum Gasteiger partial charge on any atom is 0.326 e. The molecule has 0 aliphatic rings. The second kappa shape index (κ2) is 11.1. The van der Waals surface area contributed by atoms with E-state index in [2.05, 4.69) is 26.6 Å². The number of rotatable bonds is 9. The maximum atomic E-state index is 13.0. The number of carbonyl (C=O) groups excluding carboxylic acids is 2. The number of furan rings is 1. The summed E-state index contributed by atoms with van der Waals surface area (Å²) in [6, 6.07) is 15.6. The van der Waals surface area contributed by atoms with Crippen molar-refractivity contribution in [3.63, 3.8) is 0 Å². The molecule has 2 aromatic carbocycles. The van der Waals surface area contributed by atoms with Crippen molar-refractivity contribution in [1.29, 1.82) is 0 Å². The van der Waals surface area contributed by atoms with Gasteiger partial charge in [0.05, 0.1) is 4.92 Å². The molecule has 0 fully saturated rings. The Hall–Kier alpha value is -4.25. The number of nitrogens with zero attached hydrogens (tertiary/aromatic N) is 1. The summed E-state index contributed by atoms with van der Waals surface area (Å²) < 4.78 is 5.50. The van der Waals surface area contributed by atoms with Crippen LogP contribution in [-0.2, 0) is 16.0 Å². The third-order valence-corrected chi connectivity index (χ3v) is 5.02. The van der Waals surface area contributed by atoms with Crippen molar-refractivity contribution >= 4 is 45.5 Å². The van der Waals surface area contributed by atoms with E-state index in [0.717, 1.165) is 0 Å². The SMILES string of the molecule is O=C(N[C@@H](Cc1ccccc1)C(=O)O)/C(=C/c1ccc([N+](=O)[O-])cc1)NC(=O)c1ccc(Br)o1. The molecule has 0 aliphatic carbocycles. The average molecular weight is 528 g/mol. The van der Waals surface area contributed by atoms with Crippen LogP contribution in [0.15, 0.2) is 81.5 Å². The van der Waals surface area contributed by atoms with Crippen LogP contribution in [0.3, 0.4) is 0 Å². The fourth-order valence-electron chi connectivity index (χ4n) is 2.92. The minimum Gasteiger partial charge on any atom is -0.480 e. The molecule has 3 rings (SSSR count). The summed E-state index contributed by atoms with van der Waals surface area (Å²) in [5.74, 6) is -2.95. The van der Waals surface area contributed by atoms with Crippen molar-refractivity contribution in [3.8, 4) is 0 Å². The van der Waals surface area contributed by atoms with Gasteiger partial charge in [0, 0.05) is 18.6 Å². The lowest BCUT2D eigenvalue weighted by molar-refractivity contribution is -0.384. The number of carboxylic acid groups (broad SMARTS) is 1. The molecule has 0 unspecified atom stereocenters. The van der Waals surface area contributed by atoms with Crippen LogP contribution >= 0.6 is 15.9 Å². The van der Waals surface area contributed by atoms with E-state index in [9.17, 15) is 29.6 Å². The van der Waals surface area contributed by atoms with Gasteiger partial charge in [-0.1, -0.05) is 30.3 Å². The van der Waals surface area contributed by atoms with Gasteiger partial charge >= 0.3 is 5.97 Å². The zero-order chi connectivity index (χ0) is 24.7. The number of amides is 2. The number of non-ortho nitro benzene ring substituents is 1. The van der Waals surface area contributed by atoms with E-state index in [4.69, 9.17) is 4.42 Å². The van der Waals surface area contributed by atoms with Gasteiger partial charge in [-0.15, -0.1) is 0 Å². The monoisotopic (exact) mass is 527 g/mol. The van der Waals surface area contributed by atoms with Gasteiger partial charge in [0.1, 0.15) is 11.7 Å². The molecule has 3 N–H and O–H groups in total. The Morgan fingerprint density at radius 2 is 1.74 bits per heavy atom. The molecule has 11 heteroatoms. The number of carboxylic acids is 1. The van der Waals surface area contributed by atoms with Crippen LogP contribution in [0.2, 0.25) is 0 Å². The number of nitro benzene ring substituents is 1. The van der Waals surface area contributed by atoms with Crippen LogP contribution in [0.25, 0.3) is 6.08 Å². The second-order valence-electron chi connectivity index (χ2n) is 7.02. The zero-order valence-electron chi connectivity index (χ0n) is 17.4. The van der Waals surface area contributed by atoms with Crippen molar-refractivity contribution in [1.82, 2.24) is 10.6 Å². The first-order valence-electron chi connectivity index (χ1n) is 9.83. The molecule has 3 aromatic rings. The topological polar surface area (TPSA) is 152 Å². The zero-order valence-corrected chi connectivity index (χ0v) is 19.0. The predicted molar refractivity (Wildman–Crippen MR) is 125 cm³/mol. The van der Waals surface area contributed by atoms with E-state index in [1.165, 1.54) is 42.5 Å². The minimum absolute atomic E-state index is 0.0196. The van der Waals surface area contributed by atoms with E-state index >= 15 is 0 Å². The molecule has 0 aliphatic heterocycles. The van der Waals surface area contributed by atoms with E-state index in [-0.39, 0.29) is 23.6 Å². The van der Waals surface area contributed by atoms with Crippen molar-refractivity contribution in [2.75, 3.05) is 0 Å². The average Bonchev–Trinajstić information content (AvgIpc) is 3.25. The molecule has 0 spiro atoms. The standard InChI is InChI=1S/C23H18BrN3O7/c24-20-11-10-19(34-20)22(29)25-17(12-15-6-8-16(9-7-15)27(32)33)21(28)26-18(23(30)31)13-14-4-2-1-3-5-14/h1-12,18H,13H2,(H,25,29)(H,26,28)(H,30,31)/b17-12-/t18-/m0/s1. The summed E-state index contributed by atoms with van der Waals surface area (Å²) >= 11 is 3.09. The van der Waals surface area contributed by atoms with Crippen molar-refractivity contribution in [2.45, 2.75) is 12.5 Å². The molecule has 0 saturated carbocycles. The quantitative estimate of drug-likeness (QED) is 0.218. The van der Waals surface area contributed by atoms with Crippen LogP contribution in [-0.4, -0.2) is 33.9 Å². The maximum absolute atomic E-state index is 13.0. The summed E-state index contributed by atoms with van der Waals surface area (Å²) in [4.78, 5) is 47.6. The molecule has 2 amide bonds. The Kier molecular flexibility index (Phi) is 7.93. The van der Waals surface area contributed by atoms with Gasteiger partial charge in [-0.2, -0.15) is 0 Å². The van der Waals surface area contributed by atoms with E-state index in [1.54, 1.807) is 30.3 Å². The fourth-order valence-corrected chi connectivity index (χ4v) is 3.23. The predicted octanol–water partition coefficient (Wildman–Crippen LogP) is 3.53. The first-order valence-corrected chi connectivity index (χ1v) is 10.6. The highest BCUT2D eigenvalue weighted by Gasteiger charge is 2.24. The molecule has 0 saturated heterocycles. The van der Waals surface area contributed by atoms with Gasteiger partial charge < -0.3 is 20.2 Å². The number of nitro groups is 1. The number of hydrogen-bond donors (Lipinski definition) is 3. The smallest absolute Gasteiger partial charge is 0.326 e. The summed E-state index contributed by atoms with van der Waals surface area (Å²) in [7, 11) is 0. The highest BCUT2D eigenvalue weighted by atomic mass is 79.9. The van der Waals surface area contributed by atoms with Crippen LogP contribution in [0.5, 0.6) is 0 Å². The number of halogens is 1. The van der Waals surface area contributed by atoms with Gasteiger partial charge in [-0.25, -0.2) is 4.79 Å². The molecule has 1 heterocycles.